The number of nitrogens with zero attached hydrogens (tertiary/aromatic N) is 4. The third kappa shape index (κ3) is 6.01. The predicted molar refractivity (Wildman–Crippen MR) is 130 cm³/mol. The Morgan fingerprint density at radius 1 is 0.892 bits per heavy atom. The first kappa shape index (κ1) is 27.5. The lowest BCUT2D eigenvalue weighted by Crippen LogP contribution is -2.44. The van der Waals surface area contributed by atoms with Gasteiger partial charge in [0.2, 0.25) is 0 Å². The molecule has 0 atom stereocenters. The second kappa shape index (κ2) is 9.41. The Morgan fingerprint density at radius 2 is 1.41 bits per heavy atom. The minimum absolute atomic E-state index is 0.0108. The van der Waals surface area contributed by atoms with E-state index in [4.69, 9.17) is 9.47 Å². The molecule has 198 valence electrons. The molecule has 2 aromatic heterocycles. The summed E-state index contributed by atoms with van der Waals surface area (Å²) in [4.78, 5) is 42.7. The van der Waals surface area contributed by atoms with Crippen LogP contribution in [0.15, 0.2) is 36.7 Å². The van der Waals surface area contributed by atoms with E-state index in [1.54, 1.807) is 53.7 Å². The Kier molecular flexibility index (Phi) is 7.00. The van der Waals surface area contributed by atoms with E-state index in [0.29, 0.717) is 11.8 Å². The first-order chi connectivity index (χ1) is 16.9. The molecule has 37 heavy (non-hydrogen) atoms. The molecule has 0 aliphatic rings. The highest BCUT2D eigenvalue weighted by Crippen LogP contribution is 2.36. The molecule has 0 aliphatic carbocycles. The van der Waals surface area contributed by atoms with Gasteiger partial charge in [-0.25, -0.2) is 24.0 Å². The number of aromatic carboxylic acids is 1. The SMILES string of the molecule is CC(C)(C)OC(=O)N(C(=O)OC(C)(C)C)c1ncc(-n2ncc(C(=O)O)c2C(C)(F)F)c2ccccc12. The molecule has 0 saturated heterocycles. The molecule has 0 bridgehead atoms. The fourth-order valence-electron chi connectivity index (χ4n) is 3.48. The molecular weight excluding hydrogens is 490 g/mol. The summed E-state index contributed by atoms with van der Waals surface area (Å²) in [5.74, 6) is -5.31. The number of ether oxygens (including phenoxy) is 2. The summed E-state index contributed by atoms with van der Waals surface area (Å²) in [7, 11) is 0. The summed E-state index contributed by atoms with van der Waals surface area (Å²) in [6.45, 7) is 10.3. The van der Waals surface area contributed by atoms with E-state index in [9.17, 15) is 28.3 Å². The molecule has 1 aromatic carbocycles. The van der Waals surface area contributed by atoms with Crippen LogP contribution in [0.1, 0.15) is 64.5 Å². The van der Waals surface area contributed by atoms with Crippen LogP contribution in [0.5, 0.6) is 0 Å². The van der Waals surface area contributed by atoms with E-state index in [1.807, 2.05) is 0 Å². The number of amides is 2. The third-order valence-electron chi connectivity index (χ3n) is 4.76. The minimum atomic E-state index is -3.57. The highest BCUT2D eigenvalue weighted by molar-refractivity contribution is 6.14. The van der Waals surface area contributed by atoms with E-state index in [1.165, 1.54) is 12.1 Å². The molecule has 12 heteroatoms. The summed E-state index contributed by atoms with van der Waals surface area (Å²) < 4.78 is 40.6. The van der Waals surface area contributed by atoms with Gasteiger partial charge in [0.05, 0.1) is 18.1 Å². The number of halogens is 2. The fraction of sp³-hybridized carbons (Fsp3) is 0.400. The number of hydrogen-bond donors (Lipinski definition) is 1. The molecule has 1 N–H and O–H groups in total. The molecule has 2 heterocycles. The van der Waals surface area contributed by atoms with Crippen molar-refractivity contribution in [2.75, 3.05) is 4.90 Å². The van der Waals surface area contributed by atoms with Crippen molar-refractivity contribution in [3.8, 4) is 5.69 Å². The van der Waals surface area contributed by atoms with Crippen molar-refractivity contribution in [2.24, 2.45) is 0 Å². The number of rotatable bonds is 4. The Labute approximate surface area is 211 Å². The predicted octanol–water partition coefficient (Wildman–Crippen LogP) is 5.91. The Hall–Kier alpha value is -4.09. The van der Waals surface area contributed by atoms with E-state index in [2.05, 4.69) is 10.1 Å². The number of carbonyl (C=O) groups excluding carboxylic acids is 2. The number of imide groups is 1. The van der Waals surface area contributed by atoms with Gasteiger partial charge in [0.25, 0.3) is 5.92 Å². The van der Waals surface area contributed by atoms with Crippen molar-refractivity contribution >= 4 is 34.7 Å². The summed E-state index contributed by atoms with van der Waals surface area (Å²) in [5.41, 5.74) is -3.44. The zero-order chi connectivity index (χ0) is 27.9. The van der Waals surface area contributed by atoms with Gasteiger partial charge in [0, 0.05) is 17.7 Å². The summed E-state index contributed by atoms with van der Waals surface area (Å²) >= 11 is 0. The first-order valence-electron chi connectivity index (χ1n) is 11.2. The number of pyridine rings is 1. The summed E-state index contributed by atoms with van der Waals surface area (Å²) in [6, 6.07) is 6.26. The van der Waals surface area contributed by atoms with E-state index < -0.39 is 46.5 Å². The van der Waals surface area contributed by atoms with Crippen LogP contribution in [0.4, 0.5) is 24.2 Å². The zero-order valence-electron chi connectivity index (χ0n) is 21.5. The quantitative estimate of drug-likeness (QED) is 0.452. The monoisotopic (exact) mass is 518 g/mol. The maximum Gasteiger partial charge on any atom is 0.425 e. The summed E-state index contributed by atoms with van der Waals surface area (Å²) in [5, 5.41) is 13.8. The highest BCUT2D eigenvalue weighted by atomic mass is 19.3. The third-order valence-corrected chi connectivity index (χ3v) is 4.76. The van der Waals surface area contributed by atoms with Crippen LogP contribution in [0.25, 0.3) is 16.5 Å². The van der Waals surface area contributed by atoms with Crippen molar-refractivity contribution in [2.45, 2.75) is 65.6 Å². The smallest absolute Gasteiger partial charge is 0.425 e. The maximum absolute atomic E-state index is 14.5. The Bertz CT molecular complexity index is 1340. The molecule has 3 aromatic rings. The number of fused-ring (bicyclic) bond motifs is 1. The van der Waals surface area contributed by atoms with Crippen molar-refractivity contribution in [3.63, 3.8) is 0 Å². The second-order valence-electron chi connectivity index (χ2n) is 10.3. The number of hydrogen-bond acceptors (Lipinski definition) is 7. The number of carboxylic acids is 1. The number of alkyl halides is 2. The van der Waals surface area contributed by atoms with Gasteiger partial charge < -0.3 is 14.6 Å². The normalized spacial score (nSPS) is 12.4. The average Bonchev–Trinajstić information content (AvgIpc) is 3.17. The van der Waals surface area contributed by atoms with Crippen molar-refractivity contribution in [1.29, 1.82) is 0 Å². The molecule has 0 saturated carbocycles. The first-order valence-corrected chi connectivity index (χ1v) is 11.2. The van der Waals surface area contributed by atoms with Crippen LogP contribution < -0.4 is 4.90 Å². The van der Waals surface area contributed by atoms with Gasteiger partial charge in [-0.05, 0) is 41.5 Å². The van der Waals surface area contributed by atoms with Crippen molar-refractivity contribution in [3.05, 3.63) is 47.9 Å². The van der Waals surface area contributed by atoms with Crippen LogP contribution in [-0.2, 0) is 15.4 Å². The average molecular weight is 519 g/mol. The van der Waals surface area contributed by atoms with Crippen molar-refractivity contribution in [1.82, 2.24) is 14.8 Å². The van der Waals surface area contributed by atoms with E-state index >= 15 is 0 Å². The Balaban J connectivity index is 2.29. The van der Waals surface area contributed by atoms with Gasteiger partial charge in [0.15, 0.2) is 5.82 Å². The molecule has 2 amide bonds. The number of carbonyl (C=O) groups is 3. The van der Waals surface area contributed by atoms with Gasteiger partial charge in [-0.2, -0.15) is 18.8 Å². The number of benzene rings is 1. The number of anilines is 1. The molecule has 0 unspecified atom stereocenters. The molecule has 0 aliphatic heterocycles. The van der Waals surface area contributed by atoms with Crippen LogP contribution in [0.3, 0.4) is 0 Å². The Morgan fingerprint density at radius 3 is 1.86 bits per heavy atom. The van der Waals surface area contributed by atoms with Gasteiger partial charge in [-0.15, -0.1) is 0 Å². The molecule has 10 nitrogen and oxygen atoms in total. The second-order valence-corrected chi connectivity index (χ2v) is 10.3. The lowest BCUT2D eigenvalue weighted by atomic mass is 10.1. The number of carboxylic acid groups (broad SMARTS) is 1. The molecule has 0 fully saturated rings. The van der Waals surface area contributed by atoms with Gasteiger partial charge >= 0.3 is 18.2 Å². The van der Waals surface area contributed by atoms with E-state index in [-0.39, 0.29) is 22.3 Å². The lowest BCUT2D eigenvalue weighted by molar-refractivity contribution is 0.00836. The molecule has 0 radical (unpaired) electrons. The lowest BCUT2D eigenvalue weighted by Gasteiger charge is -2.28. The van der Waals surface area contributed by atoms with Gasteiger partial charge in [-0.1, -0.05) is 24.3 Å². The standard InChI is InChI=1S/C25H28F2N4O6/c1-23(2,3)36-21(34)30(22(35)37-24(4,5)6)19-15-11-9-8-10-14(15)17(13-28-19)31-18(25(7,26)27)16(12-29-31)20(32)33/h8-13H,1-7H3,(H,32,33). The zero-order valence-corrected chi connectivity index (χ0v) is 21.5. The maximum atomic E-state index is 14.5. The topological polar surface area (TPSA) is 124 Å². The minimum Gasteiger partial charge on any atom is -0.478 e. The largest absolute Gasteiger partial charge is 0.478 e. The molecular formula is C25H28F2N4O6. The van der Waals surface area contributed by atoms with Crippen LogP contribution >= 0.6 is 0 Å². The number of aromatic nitrogens is 3. The fourth-order valence-corrected chi connectivity index (χ4v) is 3.48. The van der Waals surface area contributed by atoms with Crippen LogP contribution in [-0.4, -0.2) is 49.2 Å². The molecule has 3 rings (SSSR count). The van der Waals surface area contributed by atoms with Crippen LogP contribution in [0.2, 0.25) is 0 Å². The van der Waals surface area contributed by atoms with E-state index in [0.717, 1.165) is 17.1 Å². The van der Waals surface area contributed by atoms with Crippen LogP contribution in [0, 0.1) is 0 Å². The van der Waals surface area contributed by atoms with Gasteiger partial charge in [-0.3, -0.25) is 0 Å². The van der Waals surface area contributed by atoms with Crippen molar-refractivity contribution < 1.29 is 37.7 Å². The molecule has 0 spiro atoms. The van der Waals surface area contributed by atoms with Gasteiger partial charge in [0.1, 0.15) is 22.5 Å². The highest BCUT2D eigenvalue weighted by Gasteiger charge is 2.38. The summed E-state index contributed by atoms with van der Waals surface area (Å²) in [6.07, 6.45) is -0.168.